The SMILES string of the molecule is CCn1cc(CN2CCN(C(=S)Nc3cnn(Cc4ccccc4C)c3)CC2)c(C)n1. The lowest BCUT2D eigenvalue weighted by Crippen LogP contribution is -2.49. The third-order valence-electron chi connectivity index (χ3n) is 5.90. The number of hydrogen-bond donors (Lipinski definition) is 1. The summed E-state index contributed by atoms with van der Waals surface area (Å²) in [5.41, 5.74) is 5.93. The van der Waals surface area contributed by atoms with E-state index in [2.05, 4.69) is 76.5 Å². The van der Waals surface area contributed by atoms with Crippen molar-refractivity contribution in [1.82, 2.24) is 29.4 Å². The lowest BCUT2D eigenvalue weighted by molar-refractivity contribution is 0.176. The molecule has 3 aromatic rings. The normalized spacial score (nSPS) is 14.7. The average molecular weight is 438 g/mol. The molecule has 0 aliphatic carbocycles. The number of aryl methyl sites for hydroxylation is 3. The molecule has 0 spiro atoms. The van der Waals surface area contributed by atoms with Gasteiger partial charge in [0.1, 0.15) is 0 Å². The molecule has 31 heavy (non-hydrogen) atoms. The predicted molar refractivity (Wildman–Crippen MR) is 128 cm³/mol. The quantitative estimate of drug-likeness (QED) is 0.598. The molecule has 1 aliphatic heterocycles. The zero-order chi connectivity index (χ0) is 21.8. The van der Waals surface area contributed by atoms with E-state index in [9.17, 15) is 0 Å². The van der Waals surface area contributed by atoms with Crippen LogP contribution in [0.1, 0.15) is 29.3 Å². The summed E-state index contributed by atoms with van der Waals surface area (Å²) in [6.07, 6.45) is 6.03. The van der Waals surface area contributed by atoms with Crippen LogP contribution in [0.5, 0.6) is 0 Å². The van der Waals surface area contributed by atoms with Gasteiger partial charge in [-0.15, -0.1) is 0 Å². The third kappa shape index (κ3) is 5.32. The summed E-state index contributed by atoms with van der Waals surface area (Å²) in [6.45, 7) is 12.8. The number of nitrogens with zero attached hydrogens (tertiary/aromatic N) is 6. The standard InChI is InChI=1S/C23H31N7S/c1-4-29-16-21(19(3)26-29)14-27-9-11-28(12-10-27)23(31)25-22-13-24-30(17-22)15-20-8-6-5-7-18(20)2/h5-8,13,16-17H,4,9-12,14-15H2,1-3H3,(H,25,31). The van der Waals surface area contributed by atoms with E-state index >= 15 is 0 Å². The summed E-state index contributed by atoms with van der Waals surface area (Å²) in [5.74, 6) is 0. The molecule has 1 N–H and O–H groups in total. The Kier molecular flexibility index (Phi) is 6.67. The van der Waals surface area contributed by atoms with Crippen LogP contribution in [0.3, 0.4) is 0 Å². The van der Waals surface area contributed by atoms with E-state index in [1.54, 1.807) is 0 Å². The van der Waals surface area contributed by atoms with Crippen LogP contribution >= 0.6 is 12.2 Å². The van der Waals surface area contributed by atoms with Crippen molar-refractivity contribution in [2.45, 2.75) is 40.4 Å². The monoisotopic (exact) mass is 437 g/mol. The van der Waals surface area contributed by atoms with Crippen LogP contribution in [0.4, 0.5) is 5.69 Å². The minimum Gasteiger partial charge on any atom is -0.346 e. The van der Waals surface area contributed by atoms with E-state index in [1.807, 2.05) is 21.8 Å². The lowest BCUT2D eigenvalue weighted by Gasteiger charge is -2.36. The number of aromatic nitrogens is 4. The van der Waals surface area contributed by atoms with E-state index in [4.69, 9.17) is 12.2 Å². The number of benzene rings is 1. The van der Waals surface area contributed by atoms with Gasteiger partial charge in [0.25, 0.3) is 0 Å². The number of piperazine rings is 1. The number of nitrogens with one attached hydrogen (secondary N) is 1. The highest BCUT2D eigenvalue weighted by Gasteiger charge is 2.20. The summed E-state index contributed by atoms with van der Waals surface area (Å²) < 4.78 is 3.96. The van der Waals surface area contributed by atoms with Gasteiger partial charge in [0.05, 0.1) is 24.1 Å². The summed E-state index contributed by atoms with van der Waals surface area (Å²) in [4.78, 5) is 4.72. The van der Waals surface area contributed by atoms with Gasteiger partial charge < -0.3 is 10.2 Å². The molecule has 3 heterocycles. The molecule has 1 fully saturated rings. The van der Waals surface area contributed by atoms with Gasteiger partial charge in [0.2, 0.25) is 0 Å². The maximum absolute atomic E-state index is 5.67. The Hall–Kier alpha value is -2.71. The minimum absolute atomic E-state index is 0.758. The number of rotatable bonds is 6. The largest absolute Gasteiger partial charge is 0.346 e. The molecule has 1 saturated heterocycles. The molecular formula is C23H31N7S. The van der Waals surface area contributed by atoms with Crippen LogP contribution in [0.15, 0.2) is 42.9 Å². The zero-order valence-corrected chi connectivity index (χ0v) is 19.4. The Morgan fingerprint density at radius 2 is 1.77 bits per heavy atom. The molecule has 0 radical (unpaired) electrons. The van der Waals surface area contributed by atoms with E-state index in [-0.39, 0.29) is 0 Å². The summed E-state index contributed by atoms with van der Waals surface area (Å²) in [5, 5.41) is 13.2. The van der Waals surface area contributed by atoms with Gasteiger partial charge in [0.15, 0.2) is 5.11 Å². The molecule has 8 heteroatoms. The van der Waals surface area contributed by atoms with Gasteiger partial charge in [-0.05, 0) is 44.1 Å². The van der Waals surface area contributed by atoms with Crippen molar-refractivity contribution < 1.29 is 0 Å². The molecule has 0 saturated carbocycles. The lowest BCUT2D eigenvalue weighted by atomic mass is 10.1. The Bertz CT molecular complexity index is 1030. The second-order valence-electron chi connectivity index (χ2n) is 8.14. The fourth-order valence-corrected chi connectivity index (χ4v) is 4.21. The van der Waals surface area contributed by atoms with Gasteiger partial charge in [-0.1, -0.05) is 24.3 Å². The average Bonchev–Trinajstić information content (AvgIpc) is 3.36. The Labute approximate surface area is 189 Å². The van der Waals surface area contributed by atoms with Gasteiger partial charge in [0, 0.05) is 57.2 Å². The highest BCUT2D eigenvalue weighted by Crippen LogP contribution is 2.15. The van der Waals surface area contributed by atoms with Gasteiger partial charge >= 0.3 is 0 Å². The van der Waals surface area contributed by atoms with E-state index in [1.165, 1.54) is 16.7 Å². The van der Waals surface area contributed by atoms with E-state index in [0.29, 0.717) is 0 Å². The predicted octanol–water partition coefficient (Wildman–Crippen LogP) is 3.28. The van der Waals surface area contributed by atoms with Gasteiger partial charge in [-0.25, -0.2) is 0 Å². The van der Waals surface area contributed by atoms with Crippen LogP contribution < -0.4 is 5.32 Å². The first kappa shape index (κ1) is 21.5. The fraction of sp³-hybridized carbons (Fsp3) is 0.435. The Morgan fingerprint density at radius 1 is 1.00 bits per heavy atom. The number of thiocarbonyl (C=S) groups is 1. The molecular weight excluding hydrogens is 406 g/mol. The topological polar surface area (TPSA) is 54.1 Å². The van der Waals surface area contributed by atoms with Crippen molar-refractivity contribution in [2.24, 2.45) is 0 Å². The first-order chi connectivity index (χ1) is 15.0. The van der Waals surface area contributed by atoms with Crippen LogP contribution in [0, 0.1) is 13.8 Å². The van der Waals surface area contributed by atoms with Crippen molar-refractivity contribution >= 4 is 23.0 Å². The molecule has 7 nitrogen and oxygen atoms in total. The summed E-state index contributed by atoms with van der Waals surface area (Å²) in [6, 6.07) is 8.40. The second-order valence-corrected chi connectivity index (χ2v) is 8.53. The highest BCUT2D eigenvalue weighted by molar-refractivity contribution is 7.80. The summed E-state index contributed by atoms with van der Waals surface area (Å²) in [7, 11) is 0. The van der Waals surface area contributed by atoms with Crippen LogP contribution in [0.2, 0.25) is 0 Å². The third-order valence-corrected chi connectivity index (χ3v) is 6.26. The second kappa shape index (κ2) is 9.62. The van der Waals surface area contributed by atoms with Crippen molar-refractivity contribution in [3.63, 3.8) is 0 Å². The highest BCUT2D eigenvalue weighted by atomic mass is 32.1. The molecule has 1 aromatic carbocycles. The molecule has 1 aliphatic rings. The van der Waals surface area contributed by atoms with Crippen LogP contribution in [0.25, 0.3) is 0 Å². The van der Waals surface area contributed by atoms with Crippen LogP contribution in [-0.4, -0.2) is 60.7 Å². The van der Waals surface area contributed by atoms with Crippen molar-refractivity contribution in [2.75, 3.05) is 31.5 Å². The van der Waals surface area contributed by atoms with E-state index in [0.717, 1.165) is 62.3 Å². The van der Waals surface area contributed by atoms with Crippen molar-refractivity contribution in [3.05, 3.63) is 65.2 Å². The summed E-state index contributed by atoms with van der Waals surface area (Å²) >= 11 is 5.67. The molecule has 0 amide bonds. The van der Waals surface area contributed by atoms with Crippen molar-refractivity contribution in [1.29, 1.82) is 0 Å². The smallest absolute Gasteiger partial charge is 0.173 e. The maximum Gasteiger partial charge on any atom is 0.173 e. The maximum atomic E-state index is 5.67. The Morgan fingerprint density at radius 3 is 2.48 bits per heavy atom. The van der Waals surface area contributed by atoms with Crippen molar-refractivity contribution in [3.8, 4) is 0 Å². The molecule has 4 rings (SSSR count). The molecule has 0 unspecified atom stereocenters. The van der Waals surface area contributed by atoms with Crippen LogP contribution in [-0.2, 0) is 19.6 Å². The van der Waals surface area contributed by atoms with E-state index < -0.39 is 0 Å². The van der Waals surface area contributed by atoms with Gasteiger partial charge in [-0.2, -0.15) is 10.2 Å². The molecule has 2 aromatic heterocycles. The molecule has 164 valence electrons. The fourth-order valence-electron chi connectivity index (χ4n) is 3.91. The molecule has 0 bridgehead atoms. The zero-order valence-electron chi connectivity index (χ0n) is 18.6. The first-order valence-corrected chi connectivity index (χ1v) is 11.3. The minimum atomic E-state index is 0.758. The number of anilines is 1. The first-order valence-electron chi connectivity index (χ1n) is 10.9. The number of hydrogen-bond acceptors (Lipinski definition) is 4. The Balaban J connectivity index is 1.27. The van der Waals surface area contributed by atoms with Gasteiger partial charge in [-0.3, -0.25) is 14.3 Å². The molecule has 0 atom stereocenters.